The molecule has 5 heterocycles. The van der Waals surface area contributed by atoms with Crippen LogP contribution in [-0.4, -0.2) is 19.9 Å². The van der Waals surface area contributed by atoms with E-state index in [4.69, 9.17) is 14.4 Å². The molecule has 12 aromatic rings. The van der Waals surface area contributed by atoms with E-state index in [9.17, 15) is 0 Å². The molecule has 0 radical (unpaired) electrons. The Morgan fingerprint density at radius 2 is 0.967 bits per heavy atom. The van der Waals surface area contributed by atoms with Gasteiger partial charge in [0.05, 0.1) is 28.3 Å². The molecule has 0 aliphatic rings. The Kier molecular flexibility index (Phi) is 8.10. The zero-order valence-electron chi connectivity index (χ0n) is 32.8. The summed E-state index contributed by atoms with van der Waals surface area (Å²) in [6, 6.07) is 67.9. The number of pyridine rings is 4. The van der Waals surface area contributed by atoms with E-state index in [2.05, 4.69) is 156 Å². The minimum Gasteiger partial charge on any atom is -0.454 e. The lowest BCUT2D eigenvalue weighted by atomic mass is 9.92. The number of aromatic nitrogens is 4. The molecule has 5 nitrogen and oxygen atoms in total. The first-order valence-electron chi connectivity index (χ1n) is 20.4. The van der Waals surface area contributed by atoms with Crippen LogP contribution in [0.15, 0.2) is 211 Å². The fourth-order valence-electron chi connectivity index (χ4n) is 8.83. The first-order chi connectivity index (χ1) is 30.2. The summed E-state index contributed by atoms with van der Waals surface area (Å²) < 4.78 is 6.74. The van der Waals surface area contributed by atoms with E-state index in [0.29, 0.717) is 0 Å². The normalized spacial score (nSPS) is 11.6. The zero-order chi connectivity index (χ0) is 40.3. The average Bonchev–Trinajstić information content (AvgIpc) is 3.74. The van der Waals surface area contributed by atoms with E-state index in [-0.39, 0.29) is 0 Å². The summed E-state index contributed by atoms with van der Waals surface area (Å²) in [5.74, 6) is 0. The Labute approximate surface area is 351 Å². The summed E-state index contributed by atoms with van der Waals surface area (Å²) >= 11 is 0. The zero-order valence-corrected chi connectivity index (χ0v) is 32.8. The summed E-state index contributed by atoms with van der Waals surface area (Å²) in [4.78, 5) is 19.5. The summed E-state index contributed by atoms with van der Waals surface area (Å²) in [6.45, 7) is 0. The molecule has 0 aliphatic carbocycles. The predicted molar refractivity (Wildman–Crippen MR) is 250 cm³/mol. The molecule has 0 spiro atoms. The molecule has 0 N–H and O–H groups in total. The highest BCUT2D eigenvalue weighted by atomic mass is 16.3. The molecule has 0 unspecified atom stereocenters. The molecule has 0 saturated heterocycles. The summed E-state index contributed by atoms with van der Waals surface area (Å²) in [6.07, 6.45) is 3.59. The van der Waals surface area contributed by atoms with Gasteiger partial charge in [0, 0.05) is 34.1 Å². The van der Waals surface area contributed by atoms with Gasteiger partial charge in [0.1, 0.15) is 11.3 Å². The lowest BCUT2D eigenvalue weighted by Crippen LogP contribution is -1.94. The molecule has 0 saturated carbocycles. The van der Waals surface area contributed by atoms with Crippen LogP contribution in [0.25, 0.3) is 122 Å². The van der Waals surface area contributed by atoms with Gasteiger partial charge in [-0.2, -0.15) is 0 Å². The van der Waals surface area contributed by atoms with Crippen LogP contribution in [-0.2, 0) is 0 Å². The van der Waals surface area contributed by atoms with Crippen molar-refractivity contribution in [1.29, 1.82) is 0 Å². The van der Waals surface area contributed by atoms with Crippen LogP contribution in [0.3, 0.4) is 0 Å². The topological polar surface area (TPSA) is 64.7 Å². The van der Waals surface area contributed by atoms with Crippen LogP contribution >= 0.6 is 0 Å². The molecule has 12 rings (SSSR count). The Morgan fingerprint density at radius 1 is 0.344 bits per heavy atom. The van der Waals surface area contributed by atoms with Gasteiger partial charge in [-0.25, -0.2) is 9.97 Å². The van der Waals surface area contributed by atoms with E-state index < -0.39 is 0 Å². The maximum Gasteiger partial charge on any atom is 0.162 e. The van der Waals surface area contributed by atoms with Gasteiger partial charge >= 0.3 is 0 Å². The van der Waals surface area contributed by atoms with Crippen LogP contribution in [0.2, 0.25) is 0 Å². The third-order valence-electron chi connectivity index (χ3n) is 11.8. The molecule has 5 heteroatoms. The Hall–Kier alpha value is -8.28. The van der Waals surface area contributed by atoms with Crippen LogP contribution in [0.5, 0.6) is 0 Å². The van der Waals surface area contributed by atoms with Crippen molar-refractivity contribution in [2.45, 2.75) is 0 Å². The molecule has 7 aromatic carbocycles. The average molecular weight is 779 g/mol. The fourth-order valence-corrected chi connectivity index (χ4v) is 8.83. The van der Waals surface area contributed by atoms with E-state index in [0.717, 1.165) is 94.7 Å². The minimum atomic E-state index is 0.784. The predicted octanol–water partition coefficient (Wildman–Crippen LogP) is 14.6. The van der Waals surface area contributed by atoms with Gasteiger partial charge < -0.3 is 4.42 Å². The van der Waals surface area contributed by atoms with Crippen molar-refractivity contribution in [2.24, 2.45) is 0 Å². The molecule has 61 heavy (non-hydrogen) atoms. The van der Waals surface area contributed by atoms with Crippen molar-refractivity contribution in [1.82, 2.24) is 19.9 Å². The molecule has 0 amide bonds. The number of rotatable bonds is 6. The van der Waals surface area contributed by atoms with Crippen LogP contribution in [0.1, 0.15) is 0 Å². The van der Waals surface area contributed by atoms with Crippen molar-refractivity contribution in [3.05, 3.63) is 207 Å². The molecular formula is C56H34N4O. The lowest BCUT2D eigenvalue weighted by molar-refractivity contribution is 0.669. The van der Waals surface area contributed by atoms with Gasteiger partial charge in [0.25, 0.3) is 0 Å². The first kappa shape index (κ1) is 34.7. The largest absolute Gasteiger partial charge is 0.454 e. The van der Waals surface area contributed by atoms with E-state index in [1.54, 1.807) is 12.4 Å². The fraction of sp³-hybridized carbons (Fsp3) is 0. The van der Waals surface area contributed by atoms with Crippen LogP contribution in [0, 0.1) is 0 Å². The highest BCUT2D eigenvalue weighted by molar-refractivity contribution is 6.22. The van der Waals surface area contributed by atoms with Gasteiger partial charge in [-0.1, -0.05) is 127 Å². The van der Waals surface area contributed by atoms with E-state index in [1.165, 1.54) is 27.1 Å². The second-order valence-electron chi connectivity index (χ2n) is 15.4. The number of hydrogen-bond acceptors (Lipinski definition) is 5. The van der Waals surface area contributed by atoms with Gasteiger partial charge in [-0.3, -0.25) is 9.97 Å². The quantitative estimate of drug-likeness (QED) is 0.157. The number of furan rings is 1. The van der Waals surface area contributed by atoms with E-state index in [1.807, 2.05) is 48.5 Å². The molecule has 0 bridgehead atoms. The molecular weight excluding hydrogens is 745 g/mol. The van der Waals surface area contributed by atoms with Gasteiger partial charge in [0.15, 0.2) is 5.58 Å². The summed E-state index contributed by atoms with van der Waals surface area (Å²) in [7, 11) is 0. The molecule has 5 aromatic heterocycles. The van der Waals surface area contributed by atoms with Crippen molar-refractivity contribution in [3.63, 3.8) is 0 Å². The molecule has 0 fully saturated rings. The Morgan fingerprint density at radius 3 is 1.70 bits per heavy atom. The monoisotopic (exact) mass is 778 g/mol. The second kappa shape index (κ2) is 14.2. The summed E-state index contributed by atoms with van der Waals surface area (Å²) in [5, 5.41) is 8.18. The number of para-hydroxylation sites is 1. The molecule has 0 aliphatic heterocycles. The smallest absolute Gasteiger partial charge is 0.162 e. The van der Waals surface area contributed by atoms with Crippen molar-refractivity contribution < 1.29 is 4.42 Å². The second-order valence-corrected chi connectivity index (χ2v) is 15.4. The highest BCUT2D eigenvalue weighted by Gasteiger charge is 2.20. The Bertz CT molecular complexity index is 3580. The highest BCUT2D eigenvalue weighted by Crippen LogP contribution is 2.43. The first-order valence-corrected chi connectivity index (χ1v) is 20.4. The van der Waals surface area contributed by atoms with Gasteiger partial charge in [-0.15, -0.1) is 0 Å². The maximum absolute atomic E-state index is 6.74. The van der Waals surface area contributed by atoms with Crippen LogP contribution in [0.4, 0.5) is 0 Å². The number of fused-ring (bicyclic) bond motifs is 8. The maximum atomic E-state index is 6.74. The van der Waals surface area contributed by atoms with Crippen molar-refractivity contribution >= 4 is 54.4 Å². The minimum absolute atomic E-state index is 0.784. The number of nitrogens with zero attached hydrogens (tertiary/aromatic N) is 4. The number of benzene rings is 7. The van der Waals surface area contributed by atoms with E-state index >= 15 is 0 Å². The lowest BCUT2D eigenvalue weighted by Gasteiger charge is -2.13. The van der Waals surface area contributed by atoms with Crippen LogP contribution < -0.4 is 0 Å². The van der Waals surface area contributed by atoms with Gasteiger partial charge in [-0.05, 0) is 122 Å². The van der Waals surface area contributed by atoms with Crippen molar-refractivity contribution in [3.8, 4) is 67.4 Å². The standard InChI is InChI=1S/C56H34N4O/c1-2-15-42-38(12-1)31-46(44-17-4-3-16-43(42)44)39-26-27-48-47(32-39)54-45-18-5-6-21-53(45)61-56(54)55(60-48)40-14-11-13-37(30-40)35-22-24-36(25-23-35)41-33-51(49-19-7-9-28-57-49)59-52(34-41)50-20-8-10-29-58-50/h1-34H. The van der Waals surface area contributed by atoms with Crippen molar-refractivity contribution in [2.75, 3.05) is 0 Å². The third kappa shape index (κ3) is 6.02. The number of hydrogen-bond donors (Lipinski definition) is 0. The Balaban J connectivity index is 0.959. The SMILES string of the molecule is c1ccc(-c2cc(-c3ccc(-c4cccc(-c5nc6ccc(-c7cc8ccccc8c8ccccc78)cc6c6c5oc5ccccc56)c4)cc3)cc(-c3ccccn3)n2)nc1. The summed E-state index contributed by atoms with van der Waals surface area (Å²) in [5.41, 5.74) is 14.2. The molecule has 0 atom stereocenters. The third-order valence-corrected chi connectivity index (χ3v) is 11.8. The van der Waals surface area contributed by atoms with Gasteiger partial charge in [0.2, 0.25) is 0 Å². The molecule has 284 valence electrons.